The molecule has 0 saturated heterocycles. The number of hydrogen-bond acceptors (Lipinski definition) is 3. The van der Waals surface area contributed by atoms with E-state index in [-0.39, 0.29) is 12.0 Å². The Morgan fingerprint density at radius 1 is 1.47 bits per heavy atom. The molecule has 4 nitrogen and oxygen atoms in total. The van der Waals surface area contributed by atoms with Gasteiger partial charge in [0.25, 0.3) is 5.91 Å². The van der Waals surface area contributed by atoms with Crippen LogP contribution in [0, 0.1) is 18.8 Å². The highest BCUT2D eigenvalue weighted by Gasteiger charge is 2.08. The van der Waals surface area contributed by atoms with Crippen LogP contribution < -0.4 is 11.1 Å². The Hall–Kier alpha value is -1.83. The Morgan fingerprint density at radius 3 is 2.84 bits per heavy atom. The monoisotopic (exact) mass is 260 g/mol. The average Bonchev–Trinajstić information content (AvgIpc) is 2.41. The fourth-order valence-corrected chi connectivity index (χ4v) is 1.56. The summed E-state index contributed by atoms with van der Waals surface area (Å²) in [5, 5.41) is 2.82. The number of rotatable bonds is 4. The fourth-order valence-electron chi connectivity index (χ4n) is 1.56. The maximum atomic E-state index is 12.0. The van der Waals surface area contributed by atoms with Gasteiger partial charge in [-0.25, -0.2) is 0 Å². The third kappa shape index (κ3) is 5.12. The molecule has 19 heavy (non-hydrogen) atoms. The Morgan fingerprint density at radius 2 is 2.21 bits per heavy atom. The third-order valence-electron chi connectivity index (χ3n) is 2.63. The lowest BCUT2D eigenvalue weighted by molar-refractivity contribution is 0.0870. The first kappa shape index (κ1) is 15.2. The van der Waals surface area contributed by atoms with Crippen LogP contribution in [0.15, 0.2) is 18.2 Å². The van der Waals surface area contributed by atoms with Crippen LogP contribution in [0.4, 0.5) is 0 Å². The summed E-state index contributed by atoms with van der Waals surface area (Å²) in [6.45, 7) is 4.62. The highest BCUT2D eigenvalue weighted by molar-refractivity contribution is 5.94. The molecule has 1 unspecified atom stereocenters. The van der Waals surface area contributed by atoms with Crippen molar-refractivity contribution in [3.63, 3.8) is 0 Å². The predicted molar refractivity (Wildman–Crippen MR) is 75.9 cm³/mol. The van der Waals surface area contributed by atoms with Crippen molar-refractivity contribution in [3.05, 3.63) is 34.9 Å². The Balaban J connectivity index is 2.82. The second-order valence-electron chi connectivity index (χ2n) is 4.35. The molecule has 3 N–H and O–H groups in total. The van der Waals surface area contributed by atoms with E-state index in [0.717, 1.165) is 11.1 Å². The number of nitrogens with one attached hydrogen (secondary N) is 1. The summed E-state index contributed by atoms with van der Waals surface area (Å²) in [4.78, 5) is 12.0. The van der Waals surface area contributed by atoms with Crippen LogP contribution in [0.3, 0.4) is 0 Å². The van der Waals surface area contributed by atoms with Crippen molar-refractivity contribution in [2.45, 2.75) is 20.0 Å². The number of aryl methyl sites for hydroxylation is 1. The lowest BCUT2D eigenvalue weighted by Gasteiger charge is -2.11. The molecular formula is C15H20N2O2. The number of ether oxygens (including phenoxy) is 1. The number of methoxy groups -OCH3 is 1. The first-order valence-electron chi connectivity index (χ1n) is 6.18. The molecule has 0 fully saturated rings. The van der Waals surface area contributed by atoms with Gasteiger partial charge in [0, 0.05) is 24.8 Å². The summed E-state index contributed by atoms with van der Waals surface area (Å²) in [6, 6.07) is 5.53. The molecule has 0 heterocycles. The maximum absolute atomic E-state index is 12.0. The highest BCUT2D eigenvalue weighted by atomic mass is 16.5. The second-order valence-corrected chi connectivity index (χ2v) is 4.35. The van der Waals surface area contributed by atoms with Crippen molar-refractivity contribution in [2.24, 2.45) is 5.73 Å². The van der Waals surface area contributed by atoms with Crippen molar-refractivity contribution in [1.29, 1.82) is 0 Å². The molecule has 1 aromatic rings. The topological polar surface area (TPSA) is 64.3 Å². The predicted octanol–water partition coefficient (Wildman–Crippen LogP) is 1.07. The summed E-state index contributed by atoms with van der Waals surface area (Å²) in [6.07, 6.45) is -0.00902. The van der Waals surface area contributed by atoms with Crippen LogP contribution in [0.25, 0.3) is 0 Å². The van der Waals surface area contributed by atoms with Crippen molar-refractivity contribution < 1.29 is 9.53 Å². The molecule has 1 aromatic carbocycles. The zero-order chi connectivity index (χ0) is 14.3. The van der Waals surface area contributed by atoms with Gasteiger partial charge in [0.2, 0.25) is 0 Å². The molecule has 102 valence electrons. The van der Waals surface area contributed by atoms with Crippen LogP contribution >= 0.6 is 0 Å². The summed E-state index contributed by atoms with van der Waals surface area (Å²) < 4.78 is 5.09. The van der Waals surface area contributed by atoms with Crippen LogP contribution in [-0.2, 0) is 4.74 Å². The standard InChI is InChI=1S/C15H20N2O2/c1-11-7-13(5-4-6-16)9-14(8-11)15(18)17-10-12(2)19-3/h7-9,12H,6,10,16H2,1-3H3,(H,17,18). The number of amides is 1. The molecule has 4 heteroatoms. The van der Waals surface area contributed by atoms with Crippen LogP contribution in [0.5, 0.6) is 0 Å². The highest BCUT2D eigenvalue weighted by Crippen LogP contribution is 2.09. The Labute approximate surface area is 114 Å². The zero-order valence-corrected chi connectivity index (χ0v) is 11.6. The zero-order valence-electron chi connectivity index (χ0n) is 11.6. The minimum Gasteiger partial charge on any atom is -0.380 e. The average molecular weight is 260 g/mol. The van der Waals surface area contributed by atoms with Gasteiger partial charge in [0.15, 0.2) is 0 Å². The van der Waals surface area contributed by atoms with E-state index < -0.39 is 0 Å². The number of carbonyl (C=O) groups is 1. The number of nitrogens with two attached hydrogens (primary N) is 1. The van der Waals surface area contributed by atoms with Gasteiger partial charge in [0.05, 0.1) is 12.6 Å². The van der Waals surface area contributed by atoms with Gasteiger partial charge in [-0.2, -0.15) is 0 Å². The van der Waals surface area contributed by atoms with Gasteiger partial charge < -0.3 is 15.8 Å². The molecule has 0 aliphatic rings. The van der Waals surface area contributed by atoms with E-state index in [0.29, 0.717) is 18.7 Å². The number of carbonyl (C=O) groups excluding carboxylic acids is 1. The number of benzene rings is 1. The van der Waals surface area contributed by atoms with Crippen molar-refractivity contribution in [3.8, 4) is 11.8 Å². The molecule has 1 amide bonds. The smallest absolute Gasteiger partial charge is 0.251 e. The first-order valence-corrected chi connectivity index (χ1v) is 6.18. The lowest BCUT2D eigenvalue weighted by Crippen LogP contribution is -2.31. The maximum Gasteiger partial charge on any atom is 0.251 e. The van der Waals surface area contributed by atoms with E-state index in [1.165, 1.54) is 0 Å². The molecule has 1 atom stereocenters. The van der Waals surface area contributed by atoms with Crippen molar-refractivity contribution in [2.75, 3.05) is 20.2 Å². The molecule has 0 radical (unpaired) electrons. The minimum absolute atomic E-state index is 0.00902. The van der Waals surface area contributed by atoms with Crippen LogP contribution in [0.2, 0.25) is 0 Å². The Bertz CT molecular complexity index is 501. The molecule has 0 bridgehead atoms. The van der Waals surface area contributed by atoms with E-state index in [2.05, 4.69) is 17.2 Å². The SMILES string of the molecule is COC(C)CNC(=O)c1cc(C)cc(C#CCN)c1. The summed E-state index contributed by atoms with van der Waals surface area (Å²) in [5.41, 5.74) is 7.74. The van der Waals surface area contributed by atoms with Crippen LogP contribution in [-0.4, -0.2) is 32.2 Å². The van der Waals surface area contributed by atoms with Gasteiger partial charge in [-0.3, -0.25) is 4.79 Å². The van der Waals surface area contributed by atoms with E-state index in [1.807, 2.05) is 26.0 Å². The van der Waals surface area contributed by atoms with Gasteiger partial charge in [-0.15, -0.1) is 0 Å². The molecule has 0 aromatic heterocycles. The molecule has 0 aliphatic carbocycles. The summed E-state index contributed by atoms with van der Waals surface area (Å²) in [7, 11) is 1.62. The molecule has 1 rings (SSSR count). The summed E-state index contributed by atoms with van der Waals surface area (Å²) in [5.74, 6) is 5.60. The molecular weight excluding hydrogens is 240 g/mol. The van der Waals surface area contributed by atoms with Crippen molar-refractivity contribution in [1.82, 2.24) is 5.32 Å². The van der Waals surface area contributed by atoms with Gasteiger partial charge in [-0.1, -0.05) is 11.8 Å². The first-order chi connectivity index (χ1) is 9.06. The molecule has 0 spiro atoms. The Kier molecular flexibility index (Phi) is 6.07. The molecule has 0 saturated carbocycles. The quantitative estimate of drug-likeness (QED) is 0.796. The third-order valence-corrected chi connectivity index (χ3v) is 2.63. The largest absolute Gasteiger partial charge is 0.380 e. The van der Waals surface area contributed by atoms with Gasteiger partial charge in [-0.05, 0) is 37.6 Å². The summed E-state index contributed by atoms with van der Waals surface area (Å²) >= 11 is 0. The normalized spacial score (nSPS) is 11.4. The van der Waals surface area contributed by atoms with Crippen LogP contribution in [0.1, 0.15) is 28.4 Å². The van der Waals surface area contributed by atoms with Gasteiger partial charge in [0.1, 0.15) is 0 Å². The van der Waals surface area contributed by atoms with E-state index in [4.69, 9.17) is 10.5 Å². The second kappa shape index (κ2) is 7.57. The fraction of sp³-hybridized carbons (Fsp3) is 0.400. The lowest BCUT2D eigenvalue weighted by atomic mass is 10.1. The van der Waals surface area contributed by atoms with E-state index in [1.54, 1.807) is 13.2 Å². The van der Waals surface area contributed by atoms with E-state index in [9.17, 15) is 4.79 Å². The number of hydrogen-bond donors (Lipinski definition) is 2. The minimum atomic E-state index is -0.122. The van der Waals surface area contributed by atoms with E-state index >= 15 is 0 Å². The van der Waals surface area contributed by atoms with Gasteiger partial charge >= 0.3 is 0 Å². The van der Waals surface area contributed by atoms with Crippen molar-refractivity contribution >= 4 is 5.91 Å². The molecule has 0 aliphatic heterocycles.